The summed E-state index contributed by atoms with van der Waals surface area (Å²) in [6, 6.07) is 13.8. The lowest BCUT2D eigenvalue weighted by molar-refractivity contribution is -0.119. The van der Waals surface area contributed by atoms with Crippen molar-refractivity contribution < 1.29 is 9.18 Å². The molecule has 1 heterocycles. The van der Waals surface area contributed by atoms with E-state index < -0.39 is 11.2 Å². The van der Waals surface area contributed by atoms with Crippen LogP contribution in [0.2, 0.25) is 0 Å². The van der Waals surface area contributed by atoms with Gasteiger partial charge in [-0.25, -0.2) is 9.18 Å². The van der Waals surface area contributed by atoms with Crippen molar-refractivity contribution in [3.63, 3.8) is 0 Å². The number of likely N-dealkylation sites (N-methyl/N-ethyl adjacent to an activating group) is 1. The number of anilines is 2. The minimum Gasteiger partial charge on any atom is -0.383 e. The van der Waals surface area contributed by atoms with E-state index in [9.17, 15) is 18.8 Å². The Balaban J connectivity index is 1.79. The molecule has 0 aliphatic carbocycles. The largest absolute Gasteiger partial charge is 0.383 e. The van der Waals surface area contributed by atoms with Gasteiger partial charge >= 0.3 is 5.69 Å². The van der Waals surface area contributed by atoms with Crippen molar-refractivity contribution in [3.05, 3.63) is 91.9 Å². The second-order valence-electron chi connectivity index (χ2n) is 7.44. The molecular formula is C23H26FN5O3. The third-order valence-electron chi connectivity index (χ3n) is 5.14. The molecule has 3 rings (SSSR count). The molecule has 0 fully saturated rings. The van der Waals surface area contributed by atoms with E-state index in [1.54, 1.807) is 26.0 Å². The van der Waals surface area contributed by atoms with Crippen LogP contribution in [0.5, 0.6) is 0 Å². The van der Waals surface area contributed by atoms with E-state index in [1.165, 1.54) is 15.5 Å². The molecule has 0 saturated carbocycles. The topological polar surface area (TPSA) is 113 Å². The van der Waals surface area contributed by atoms with Crippen LogP contribution in [0.1, 0.15) is 23.6 Å². The maximum absolute atomic E-state index is 13.4. The summed E-state index contributed by atoms with van der Waals surface area (Å²) in [6.07, 6.45) is 0. The molecule has 2 aromatic carbocycles. The molecule has 0 aliphatic rings. The van der Waals surface area contributed by atoms with Gasteiger partial charge in [0.2, 0.25) is 5.91 Å². The molecule has 168 valence electrons. The summed E-state index contributed by atoms with van der Waals surface area (Å²) < 4.78 is 14.7. The van der Waals surface area contributed by atoms with Crippen LogP contribution >= 0.6 is 0 Å². The molecule has 0 bridgehead atoms. The fourth-order valence-electron chi connectivity index (χ4n) is 3.40. The highest BCUT2D eigenvalue weighted by atomic mass is 19.1. The first-order valence-electron chi connectivity index (χ1n) is 10.2. The Morgan fingerprint density at radius 1 is 1.16 bits per heavy atom. The summed E-state index contributed by atoms with van der Waals surface area (Å²) in [5.41, 5.74) is 7.10. The van der Waals surface area contributed by atoms with Crippen molar-refractivity contribution >= 4 is 17.4 Å². The van der Waals surface area contributed by atoms with Crippen molar-refractivity contribution in [2.45, 2.75) is 26.9 Å². The maximum Gasteiger partial charge on any atom is 0.330 e. The van der Waals surface area contributed by atoms with Crippen molar-refractivity contribution in [2.24, 2.45) is 0 Å². The zero-order chi connectivity index (χ0) is 23.3. The number of nitrogens with two attached hydrogens (primary N) is 1. The summed E-state index contributed by atoms with van der Waals surface area (Å²) in [5.74, 6) is -0.655. The molecule has 0 aliphatic heterocycles. The Morgan fingerprint density at radius 3 is 2.53 bits per heavy atom. The van der Waals surface area contributed by atoms with Crippen LogP contribution in [-0.2, 0) is 17.9 Å². The Labute approximate surface area is 184 Å². The minimum atomic E-state index is -0.652. The molecule has 0 unspecified atom stereocenters. The zero-order valence-corrected chi connectivity index (χ0v) is 18.0. The lowest BCUT2D eigenvalue weighted by Crippen LogP contribution is -2.42. The van der Waals surface area contributed by atoms with Crippen LogP contribution in [0, 0.1) is 12.7 Å². The first-order valence-corrected chi connectivity index (χ1v) is 10.2. The van der Waals surface area contributed by atoms with Crippen LogP contribution in [0.15, 0.2) is 58.1 Å². The second kappa shape index (κ2) is 9.95. The highest BCUT2D eigenvalue weighted by molar-refractivity contribution is 5.82. The van der Waals surface area contributed by atoms with Gasteiger partial charge in [0.25, 0.3) is 5.56 Å². The number of hydrogen-bond acceptors (Lipinski definition) is 5. The number of hydrogen-bond donors (Lipinski definition) is 3. The van der Waals surface area contributed by atoms with Gasteiger partial charge in [-0.2, -0.15) is 0 Å². The second-order valence-corrected chi connectivity index (χ2v) is 7.44. The van der Waals surface area contributed by atoms with E-state index in [2.05, 4.69) is 10.3 Å². The highest BCUT2D eigenvalue weighted by Gasteiger charge is 2.20. The summed E-state index contributed by atoms with van der Waals surface area (Å²) >= 11 is 0. The van der Waals surface area contributed by atoms with Crippen molar-refractivity contribution in [2.75, 3.05) is 23.7 Å². The van der Waals surface area contributed by atoms with E-state index in [0.717, 1.165) is 11.1 Å². The first kappa shape index (κ1) is 22.8. The van der Waals surface area contributed by atoms with Crippen LogP contribution in [0.3, 0.4) is 0 Å². The molecule has 0 spiro atoms. The van der Waals surface area contributed by atoms with Gasteiger partial charge in [0, 0.05) is 13.1 Å². The first-order chi connectivity index (χ1) is 15.3. The SMILES string of the molecule is CCN(CC(=O)NCc1ccc(F)c(C)c1)c1c(N)n(Cc2ccccc2)c(=O)[nH]c1=O. The van der Waals surface area contributed by atoms with E-state index in [1.807, 2.05) is 30.3 Å². The summed E-state index contributed by atoms with van der Waals surface area (Å²) in [7, 11) is 0. The fraction of sp³-hybridized carbons (Fsp3) is 0.261. The van der Waals surface area contributed by atoms with Crippen molar-refractivity contribution in [1.29, 1.82) is 0 Å². The van der Waals surface area contributed by atoms with Crippen molar-refractivity contribution in [3.8, 4) is 0 Å². The number of rotatable bonds is 8. The van der Waals surface area contributed by atoms with Gasteiger partial charge in [-0.1, -0.05) is 42.5 Å². The smallest absolute Gasteiger partial charge is 0.330 e. The Bertz CT molecular complexity index is 1220. The van der Waals surface area contributed by atoms with Crippen LogP contribution in [-0.4, -0.2) is 28.5 Å². The standard InChI is InChI=1S/C23H26FN5O3/c1-3-28(14-19(30)26-12-17-9-10-18(24)15(2)11-17)20-21(25)29(23(32)27-22(20)31)13-16-7-5-4-6-8-16/h4-11H,3,12-14,25H2,1-2H3,(H,26,30)(H,27,31,32). The minimum absolute atomic E-state index is 0.00795. The van der Waals surface area contributed by atoms with Gasteiger partial charge in [-0.05, 0) is 36.6 Å². The number of aromatic nitrogens is 2. The van der Waals surface area contributed by atoms with E-state index in [4.69, 9.17) is 5.73 Å². The molecule has 3 aromatic rings. The number of carbonyl (C=O) groups is 1. The number of amides is 1. The molecule has 1 aromatic heterocycles. The van der Waals surface area contributed by atoms with Crippen LogP contribution in [0.4, 0.5) is 15.9 Å². The Hall–Kier alpha value is -3.88. The molecule has 0 saturated heterocycles. The lowest BCUT2D eigenvalue weighted by atomic mass is 10.1. The van der Waals surface area contributed by atoms with Gasteiger partial charge < -0.3 is 16.0 Å². The molecule has 0 radical (unpaired) electrons. The zero-order valence-electron chi connectivity index (χ0n) is 18.0. The molecule has 1 amide bonds. The summed E-state index contributed by atoms with van der Waals surface area (Å²) in [4.78, 5) is 41.2. The number of aromatic amines is 1. The van der Waals surface area contributed by atoms with Gasteiger partial charge in [0.05, 0.1) is 13.1 Å². The average Bonchev–Trinajstić information content (AvgIpc) is 2.77. The molecule has 0 atom stereocenters. The quantitative estimate of drug-likeness (QED) is 0.495. The number of nitrogens with one attached hydrogen (secondary N) is 2. The molecule has 9 heteroatoms. The number of aryl methyl sites for hydroxylation is 1. The van der Waals surface area contributed by atoms with Crippen LogP contribution < -0.4 is 27.2 Å². The number of halogens is 1. The Kier molecular flexibility index (Phi) is 7.09. The normalized spacial score (nSPS) is 10.7. The summed E-state index contributed by atoms with van der Waals surface area (Å²) in [5, 5.41) is 2.76. The monoisotopic (exact) mass is 439 g/mol. The van der Waals surface area contributed by atoms with E-state index in [-0.39, 0.29) is 42.9 Å². The predicted molar refractivity (Wildman–Crippen MR) is 122 cm³/mol. The third-order valence-corrected chi connectivity index (χ3v) is 5.14. The maximum atomic E-state index is 13.4. The van der Waals surface area contributed by atoms with Gasteiger partial charge in [0.1, 0.15) is 17.3 Å². The predicted octanol–water partition coefficient (Wildman–Crippen LogP) is 1.76. The van der Waals surface area contributed by atoms with Crippen molar-refractivity contribution in [1.82, 2.24) is 14.9 Å². The summed E-state index contributed by atoms with van der Waals surface area (Å²) in [6.45, 7) is 4.02. The number of benzene rings is 2. The van der Waals surface area contributed by atoms with Gasteiger partial charge in [-0.15, -0.1) is 0 Å². The molecule has 8 nitrogen and oxygen atoms in total. The Morgan fingerprint density at radius 2 is 1.88 bits per heavy atom. The molecule has 4 N–H and O–H groups in total. The highest BCUT2D eigenvalue weighted by Crippen LogP contribution is 2.17. The number of nitrogen functional groups attached to an aromatic ring is 1. The van der Waals surface area contributed by atoms with E-state index in [0.29, 0.717) is 12.1 Å². The van der Waals surface area contributed by atoms with Gasteiger partial charge in [-0.3, -0.25) is 19.1 Å². The lowest BCUT2D eigenvalue weighted by Gasteiger charge is -2.24. The molecular weight excluding hydrogens is 413 g/mol. The van der Waals surface area contributed by atoms with Gasteiger partial charge in [0.15, 0.2) is 0 Å². The number of H-pyrrole nitrogens is 1. The average molecular weight is 439 g/mol. The van der Waals surface area contributed by atoms with E-state index >= 15 is 0 Å². The molecule has 32 heavy (non-hydrogen) atoms. The fourth-order valence-corrected chi connectivity index (χ4v) is 3.40. The van der Waals surface area contributed by atoms with Crippen LogP contribution in [0.25, 0.3) is 0 Å². The third kappa shape index (κ3) is 5.23. The number of nitrogens with zero attached hydrogens (tertiary/aromatic N) is 2. The number of carbonyl (C=O) groups excluding carboxylic acids is 1.